The Kier molecular flexibility index (Phi) is 7.23. The van der Waals surface area contributed by atoms with Crippen LogP contribution in [0.15, 0.2) is 48.5 Å². The number of carbonyl (C=O) groups is 1. The molecule has 2 heterocycles. The molecule has 4 rings (SSSR count). The summed E-state index contributed by atoms with van der Waals surface area (Å²) in [4.78, 5) is 15.4. The number of benzene rings is 2. The summed E-state index contributed by atoms with van der Waals surface area (Å²) in [6, 6.07) is 15.9. The normalized spacial score (nSPS) is 14.1. The lowest BCUT2D eigenvalue weighted by Crippen LogP contribution is -2.26. The van der Waals surface area contributed by atoms with E-state index in [0.717, 1.165) is 48.2 Å². The second-order valence-corrected chi connectivity index (χ2v) is 7.61. The predicted octanol–water partition coefficient (Wildman–Crippen LogP) is 5.66. The van der Waals surface area contributed by atoms with Crippen molar-refractivity contribution in [3.63, 3.8) is 0 Å². The van der Waals surface area contributed by atoms with E-state index in [1.54, 1.807) is 0 Å². The second-order valence-electron chi connectivity index (χ2n) is 7.17. The molecule has 1 aromatic heterocycles. The van der Waals surface area contributed by atoms with Gasteiger partial charge in [-0.05, 0) is 50.6 Å². The summed E-state index contributed by atoms with van der Waals surface area (Å²) in [6.07, 6.45) is 2.50. The van der Waals surface area contributed by atoms with E-state index in [1.165, 1.54) is 12.8 Å². The Morgan fingerprint density at radius 2 is 1.76 bits per heavy atom. The van der Waals surface area contributed by atoms with Gasteiger partial charge in [-0.25, -0.2) is 4.79 Å². The Balaban J connectivity index is 0.00000240. The van der Waals surface area contributed by atoms with E-state index >= 15 is 0 Å². The van der Waals surface area contributed by atoms with Crippen molar-refractivity contribution >= 4 is 40.7 Å². The van der Waals surface area contributed by atoms with Gasteiger partial charge in [0, 0.05) is 28.9 Å². The summed E-state index contributed by atoms with van der Waals surface area (Å²) < 4.78 is 7.55. The van der Waals surface area contributed by atoms with Gasteiger partial charge in [0.25, 0.3) is 0 Å². The molecule has 3 aromatic rings. The number of carbonyl (C=O) groups excluding carboxylic acids is 1. The average molecular weight is 433 g/mol. The smallest absolute Gasteiger partial charge is 0.355 e. The molecule has 0 N–H and O–H groups in total. The highest BCUT2D eigenvalue weighted by Crippen LogP contribution is 2.36. The van der Waals surface area contributed by atoms with Crippen LogP contribution in [0.3, 0.4) is 0 Å². The van der Waals surface area contributed by atoms with Crippen molar-refractivity contribution in [2.75, 3.05) is 26.2 Å². The van der Waals surface area contributed by atoms with Crippen LogP contribution in [-0.2, 0) is 11.3 Å². The van der Waals surface area contributed by atoms with Gasteiger partial charge in [-0.1, -0.05) is 48.0 Å². The molecule has 0 bridgehead atoms. The number of aromatic nitrogens is 1. The Morgan fingerprint density at radius 3 is 2.45 bits per heavy atom. The minimum atomic E-state index is -0.279. The first-order valence-electron chi connectivity index (χ1n) is 9.95. The quantitative estimate of drug-likeness (QED) is 0.471. The monoisotopic (exact) mass is 432 g/mol. The zero-order valence-electron chi connectivity index (χ0n) is 16.6. The molecule has 0 atom stereocenters. The molecule has 4 nitrogen and oxygen atoms in total. The molecule has 1 aliphatic rings. The van der Waals surface area contributed by atoms with Gasteiger partial charge in [0.1, 0.15) is 5.69 Å². The van der Waals surface area contributed by atoms with Crippen molar-refractivity contribution in [1.29, 1.82) is 0 Å². The summed E-state index contributed by atoms with van der Waals surface area (Å²) >= 11 is 6.33. The summed E-state index contributed by atoms with van der Waals surface area (Å²) in [5.74, 6) is -0.279. The fraction of sp³-hybridized carbons (Fsp3) is 0.348. The molecule has 154 valence electrons. The van der Waals surface area contributed by atoms with E-state index in [0.29, 0.717) is 17.3 Å². The molecule has 1 fully saturated rings. The number of rotatable bonds is 6. The maximum absolute atomic E-state index is 12.9. The number of ether oxygens (including phenoxy) is 1. The first kappa shape index (κ1) is 21.7. The molecule has 6 heteroatoms. The van der Waals surface area contributed by atoms with Crippen LogP contribution in [0.5, 0.6) is 0 Å². The van der Waals surface area contributed by atoms with Crippen molar-refractivity contribution in [2.24, 2.45) is 0 Å². The summed E-state index contributed by atoms with van der Waals surface area (Å²) in [7, 11) is 0. The maximum Gasteiger partial charge on any atom is 0.355 e. The third-order valence-corrected chi connectivity index (χ3v) is 5.62. The van der Waals surface area contributed by atoms with E-state index < -0.39 is 0 Å². The van der Waals surface area contributed by atoms with Crippen molar-refractivity contribution in [2.45, 2.75) is 26.3 Å². The van der Waals surface area contributed by atoms with Gasteiger partial charge in [0.15, 0.2) is 0 Å². The Labute approximate surface area is 182 Å². The minimum absolute atomic E-state index is 0. The van der Waals surface area contributed by atoms with Crippen molar-refractivity contribution in [3.8, 4) is 11.3 Å². The lowest BCUT2D eigenvalue weighted by Gasteiger charge is -2.18. The fourth-order valence-electron chi connectivity index (χ4n) is 4.12. The van der Waals surface area contributed by atoms with E-state index in [-0.39, 0.29) is 18.4 Å². The van der Waals surface area contributed by atoms with Crippen LogP contribution >= 0.6 is 24.0 Å². The van der Waals surface area contributed by atoms with Crippen LogP contribution < -0.4 is 0 Å². The zero-order valence-corrected chi connectivity index (χ0v) is 18.1. The van der Waals surface area contributed by atoms with Gasteiger partial charge in [-0.2, -0.15) is 0 Å². The third kappa shape index (κ3) is 4.45. The van der Waals surface area contributed by atoms with Gasteiger partial charge in [0.2, 0.25) is 0 Å². The highest BCUT2D eigenvalue weighted by molar-refractivity contribution is 6.31. The molecule has 1 saturated heterocycles. The van der Waals surface area contributed by atoms with Gasteiger partial charge >= 0.3 is 5.97 Å². The molecule has 0 radical (unpaired) electrons. The number of esters is 1. The van der Waals surface area contributed by atoms with Crippen LogP contribution in [-0.4, -0.2) is 41.7 Å². The molecular weight excluding hydrogens is 407 g/mol. The van der Waals surface area contributed by atoms with Crippen LogP contribution in [0, 0.1) is 0 Å². The minimum Gasteiger partial charge on any atom is -0.461 e. The Bertz CT molecular complexity index is 979. The standard InChI is InChI=1S/C23H25ClN2O2.ClH/c1-2-28-23(27)22-19-11-10-18(24)16-20(19)21(17-8-4-3-5-9-17)26(22)15-14-25-12-6-7-13-25;/h3-5,8-11,16H,2,6-7,12-15H2,1H3;1H. The number of nitrogens with zero attached hydrogens (tertiary/aromatic N) is 2. The largest absolute Gasteiger partial charge is 0.461 e. The third-order valence-electron chi connectivity index (χ3n) is 5.39. The van der Waals surface area contributed by atoms with Crippen molar-refractivity contribution in [1.82, 2.24) is 9.47 Å². The van der Waals surface area contributed by atoms with Gasteiger partial charge in [0.05, 0.1) is 12.3 Å². The molecular formula is C23H26Cl2N2O2. The van der Waals surface area contributed by atoms with Gasteiger partial charge in [-0.15, -0.1) is 12.4 Å². The topological polar surface area (TPSA) is 34.5 Å². The van der Waals surface area contributed by atoms with Crippen LogP contribution in [0.2, 0.25) is 5.02 Å². The van der Waals surface area contributed by atoms with Crippen molar-refractivity contribution < 1.29 is 9.53 Å². The van der Waals surface area contributed by atoms with Crippen LogP contribution in [0.25, 0.3) is 22.0 Å². The molecule has 0 spiro atoms. The summed E-state index contributed by atoms with van der Waals surface area (Å²) in [5.41, 5.74) is 2.72. The molecule has 0 aliphatic carbocycles. The number of fused-ring (bicyclic) bond motifs is 1. The van der Waals surface area contributed by atoms with E-state index in [4.69, 9.17) is 16.3 Å². The van der Waals surface area contributed by atoms with Crippen molar-refractivity contribution in [3.05, 3.63) is 59.2 Å². The number of halogens is 2. The highest BCUT2D eigenvalue weighted by atomic mass is 35.5. The van der Waals surface area contributed by atoms with E-state index in [9.17, 15) is 4.79 Å². The van der Waals surface area contributed by atoms with E-state index in [2.05, 4.69) is 21.6 Å². The van der Waals surface area contributed by atoms with Crippen LogP contribution in [0.4, 0.5) is 0 Å². The predicted molar refractivity (Wildman–Crippen MR) is 121 cm³/mol. The van der Waals surface area contributed by atoms with E-state index in [1.807, 2.05) is 43.3 Å². The Morgan fingerprint density at radius 1 is 1.03 bits per heavy atom. The summed E-state index contributed by atoms with van der Waals surface area (Å²) in [6.45, 7) is 6.11. The number of likely N-dealkylation sites (tertiary alicyclic amines) is 1. The lowest BCUT2D eigenvalue weighted by molar-refractivity contribution is 0.0516. The molecule has 0 amide bonds. The lowest BCUT2D eigenvalue weighted by atomic mass is 10.1. The molecule has 0 saturated carbocycles. The molecule has 2 aromatic carbocycles. The average Bonchev–Trinajstić information content (AvgIpc) is 3.32. The second kappa shape index (κ2) is 9.66. The first-order valence-corrected chi connectivity index (χ1v) is 10.3. The molecule has 29 heavy (non-hydrogen) atoms. The number of hydrogen-bond donors (Lipinski definition) is 0. The van der Waals surface area contributed by atoms with Gasteiger partial charge in [-0.3, -0.25) is 0 Å². The highest BCUT2D eigenvalue weighted by Gasteiger charge is 2.25. The SMILES string of the molecule is CCOC(=O)c1c2ccc(Cl)cc2c(-c2ccccc2)n1CCN1CCCC1.Cl. The molecule has 1 aliphatic heterocycles. The number of hydrogen-bond acceptors (Lipinski definition) is 3. The first-order chi connectivity index (χ1) is 13.7. The maximum atomic E-state index is 12.9. The fourth-order valence-corrected chi connectivity index (χ4v) is 4.29. The molecule has 0 unspecified atom stereocenters. The Hall–Kier alpha value is -2.01. The van der Waals surface area contributed by atoms with Gasteiger partial charge < -0.3 is 14.2 Å². The van der Waals surface area contributed by atoms with Crippen LogP contribution in [0.1, 0.15) is 30.3 Å². The summed E-state index contributed by atoms with van der Waals surface area (Å²) in [5, 5.41) is 2.54. The zero-order chi connectivity index (χ0) is 19.5.